The van der Waals surface area contributed by atoms with Gasteiger partial charge in [-0.1, -0.05) is 20.3 Å². The van der Waals surface area contributed by atoms with Crippen LogP contribution in [0.1, 0.15) is 40.0 Å². The molecule has 0 bridgehead atoms. The molecule has 1 rings (SSSR count). The summed E-state index contributed by atoms with van der Waals surface area (Å²) in [5.74, 6) is -0.312. The van der Waals surface area contributed by atoms with Gasteiger partial charge >= 0.3 is 0 Å². The third kappa shape index (κ3) is 4.89. The van der Waals surface area contributed by atoms with Gasteiger partial charge in [-0.05, 0) is 12.8 Å². The fraction of sp³-hybridized carbons (Fsp3) is 0.929. The molecule has 21 heavy (non-hydrogen) atoms. The smallest absolute Gasteiger partial charge is 0.217 e. The minimum atomic E-state index is -1.24. The summed E-state index contributed by atoms with van der Waals surface area (Å²) >= 11 is 0. The molecule has 6 atom stereocenters. The van der Waals surface area contributed by atoms with Gasteiger partial charge in [0.1, 0.15) is 24.5 Å². The number of carbonyl (C=O) groups excluding carboxylic acids is 1. The normalized spacial score (nSPS) is 34.5. The summed E-state index contributed by atoms with van der Waals surface area (Å²) in [7, 11) is 0. The van der Waals surface area contributed by atoms with Crippen LogP contribution in [0.4, 0.5) is 0 Å². The van der Waals surface area contributed by atoms with E-state index in [1.807, 2.05) is 6.92 Å². The summed E-state index contributed by atoms with van der Waals surface area (Å²) in [5.41, 5.74) is 0. The highest BCUT2D eigenvalue weighted by Crippen LogP contribution is 2.21. The van der Waals surface area contributed by atoms with Crippen molar-refractivity contribution in [3.63, 3.8) is 0 Å². The van der Waals surface area contributed by atoms with Crippen LogP contribution in [0.5, 0.6) is 0 Å². The molecule has 0 aromatic carbocycles. The van der Waals surface area contributed by atoms with Gasteiger partial charge in [0, 0.05) is 13.0 Å². The van der Waals surface area contributed by atoms with Crippen LogP contribution in [-0.2, 0) is 9.53 Å². The van der Waals surface area contributed by atoms with Gasteiger partial charge in [-0.3, -0.25) is 10.1 Å². The van der Waals surface area contributed by atoms with Crippen LogP contribution >= 0.6 is 0 Å². The van der Waals surface area contributed by atoms with E-state index in [0.717, 1.165) is 19.3 Å². The molecule has 1 saturated heterocycles. The van der Waals surface area contributed by atoms with Crippen molar-refractivity contribution in [2.24, 2.45) is 0 Å². The lowest BCUT2D eigenvalue weighted by Crippen LogP contribution is -2.68. The second kappa shape index (κ2) is 8.65. The molecule has 0 radical (unpaired) electrons. The van der Waals surface area contributed by atoms with Crippen molar-refractivity contribution in [2.45, 2.75) is 76.7 Å². The Morgan fingerprint density at radius 1 is 1.29 bits per heavy atom. The van der Waals surface area contributed by atoms with Crippen LogP contribution in [0.25, 0.3) is 0 Å². The van der Waals surface area contributed by atoms with E-state index in [2.05, 4.69) is 17.6 Å². The molecule has 0 spiro atoms. The SMILES string of the molecule is CCCC(CC)NC1OC(CO)C(O)C(O)C1NC(C)=O. The van der Waals surface area contributed by atoms with Crippen molar-refractivity contribution >= 4 is 5.91 Å². The molecule has 1 aliphatic heterocycles. The molecule has 0 aromatic rings. The highest BCUT2D eigenvalue weighted by molar-refractivity contribution is 5.73. The van der Waals surface area contributed by atoms with Crippen LogP contribution in [0.2, 0.25) is 0 Å². The fourth-order valence-electron chi connectivity index (χ4n) is 2.64. The van der Waals surface area contributed by atoms with Crippen LogP contribution in [0.15, 0.2) is 0 Å². The highest BCUT2D eigenvalue weighted by atomic mass is 16.5. The van der Waals surface area contributed by atoms with E-state index in [4.69, 9.17) is 4.74 Å². The van der Waals surface area contributed by atoms with Crippen molar-refractivity contribution in [1.82, 2.24) is 10.6 Å². The van der Waals surface area contributed by atoms with E-state index in [-0.39, 0.29) is 11.9 Å². The Bertz CT molecular complexity index is 328. The number of ether oxygens (including phenoxy) is 1. The van der Waals surface area contributed by atoms with Gasteiger partial charge in [0.25, 0.3) is 0 Å². The molecular formula is C14H28N2O5. The first-order valence-corrected chi connectivity index (χ1v) is 7.60. The summed E-state index contributed by atoms with van der Waals surface area (Å²) < 4.78 is 5.62. The molecule has 7 nitrogen and oxygen atoms in total. The van der Waals surface area contributed by atoms with Crippen molar-refractivity contribution in [3.8, 4) is 0 Å². The lowest BCUT2D eigenvalue weighted by molar-refractivity contribution is -0.204. The third-order valence-corrected chi connectivity index (χ3v) is 3.83. The number of hydrogen-bond donors (Lipinski definition) is 5. The summed E-state index contributed by atoms with van der Waals surface area (Å²) in [6, 6.07) is -0.579. The van der Waals surface area contributed by atoms with Crippen molar-refractivity contribution < 1.29 is 24.9 Å². The van der Waals surface area contributed by atoms with Crippen LogP contribution in [0.3, 0.4) is 0 Å². The van der Waals surface area contributed by atoms with Crippen molar-refractivity contribution in [1.29, 1.82) is 0 Å². The Kier molecular flexibility index (Phi) is 7.55. The molecule has 124 valence electrons. The Labute approximate surface area is 125 Å². The summed E-state index contributed by atoms with van der Waals surface area (Å²) in [6.45, 7) is 5.07. The molecule has 0 aromatic heterocycles. The molecule has 1 aliphatic rings. The second-order valence-corrected chi connectivity index (χ2v) is 5.55. The summed E-state index contributed by atoms with van der Waals surface area (Å²) in [4.78, 5) is 11.3. The van der Waals surface area contributed by atoms with E-state index in [1.54, 1.807) is 0 Å². The first kappa shape index (κ1) is 18.3. The third-order valence-electron chi connectivity index (χ3n) is 3.83. The lowest BCUT2D eigenvalue weighted by Gasteiger charge is -2.44. The monoisotopic (exact) mass is 304 g/mol. The van der Waals surface area contributed by atoms with Crippen LogP contribution in [-0.4, -0.2) is 64.5 Å². The first-order valence-electron chi connectivity index (χ1n) is 7.60. The van der Waals surface area contributed by atoms with Crippen LogP contribution < -0.4 is 10.6 Å². The molecule has 7 heteroatoms. The predicted octanol–water partition coefficient (Wildman–Crippen LogP) is -0.902. The van der Waals surface area contributed by atoms with Gasteiger partial charge in [0.15, 0.2) is 0 Å². The number of aliphatic hydroxyl groups is 3. The highest BCUT2D eigenvalue weighted by Gasteiger charge is 2.44. The summed E-state index contributed by atoms with van der Waals surface area (Å²) in [6.07, 6.45) is -1.15. The van der Waals surface area contributed by atoms with E-state index in [1.165, 1.54) is 6.92 Å². The Balaban J connectivity index is 2.84. The number of aliphatic hydroxyl groups excluding tert-OH is 3. The Hall–Kier alpha value is -0.730. The van der Waals surface area contributed by atoms with Crippen molar-refractivity contribution in [3.05, 3.63) is 0 Å². The van der Waals surface area contributed by atoms with E-state index < -0.39 is 37.2 Å². The zero-order valence-corrected chi connectivity index (χ0v) is 13.0. The fourth-order valence-corrected chi connectivity index (χ4v) is 2.64. The molecule has 1 amide bonds. The largest absolute Gasteiger partial charge is 0.394 e. The minimum absolute atomic E-state index is 0.179. The maximum absolute atomic E-state index is 11.3. The van der Waals surface area contributed by atoms with Crippen LogP contribution in [0, 0.1) is 0 Å². The number of nitrogens with one attached hydrogen (secondary N) is 2. The lowest BCUT2D eigenvalue weighted by atomic mass is 9.95. The van der Waals surface area contributed by atoms with E-state index in [0.29, 0.717) is 0 Å². The number of rotatable bonds is 7. The average molecular weight is 304 g/mol. The molecule has 6 unspecified atom stereocenters. The Morgan fingerprint density at radius 2 is 1.95 bits per heavy atom. The second-order valence-electron chi connectivity index (χ2n) is 5.55. The maximum atomic E-state index is 11.3. The van der Waals surface area contributed by atoms with E-state index in [9.17, 15) is 20.1 Å². The molecule has 1 fully saturated rings. The minimum Gasteiger partial charge on any atom is -0.394 e. The first-order chi connectivity index (χ1) is 9.94. The van der Waals surface area contributed by atoms with Gasteiger partial charge in [-0.2, -0.15) is 0 Å². The standard InChI is InChI=1S/C14H28N2O5/c1-4-6-9(5-2)16-14-11(15-8(3)18)13(20)12(19)10(7-17)21-14/h9-14,16-17,19-20H,4-7H2,1-3H3,(H,15,18). The van der Waals surface area contributed by atoms with Gasteiger partial charge in [-0.15, -0.1) is 0 Å². The average Bonchev–Trinajstić information content (AvgIpc) is 2.45. The zero-order valence-electron chi connectivity index (χ0n) is 13.0. The number of hydrogen-bond acceptors (Lipinski definition) is 6. The zero-order chi connectivity index (χ0) is 16.0. The number of amides is 1. The molecular weight excluding hydrogens is 276 g/mol. The quantitative estimate of drug-likeness (QED) is 0.417. The predicted molar refractivity (Wildman–Crippen MR) is 77.5 cm³/mol. The molecule has 1 heterocycles. The van der Waals surface area contributed by atoms with Crippen molar-refractivity contribution in [2.75, 3.05) is 6.61 Å². The maximum Gasteiger partial charge on any atom is 0.217 e. The number of carbonyl (C=O) groups is 1. The molecule has 0 aliphatic carbocycles. The Morgan fingerprint density at radius 3 is 2.43 bits per heavy atom. The molecule has 5 N–H and O–H groups in total. The van der Waals surface area contributed by atoms with E-state index >= 15 is 0 Å². The van der Waals surface area contributed by atoms with Gasteiger partial charge < -0.3 is 25.4 Å². The van der Waals surface area contributed by atoms with Gasteiger partial charge in [-0.25, -0.2) is 0 Å². The van der Waals surface area contributed by atoms with Gasteiger partial charge in [0.05, 0.1) is 12.6 Å². The topological polar surface area (TPSA) is 111 Å². The summed E-state index contributed by atoms with van der Waals surface area (Å²) in [5, 5.41) is 35.2. The molecule has 0 saturated carbocycles. The van der Waals surface area contributed by atoms with Gasteiger partial charge in [0.2, 0.25) is 5.91 Å².